The van der Waals surface area contributed by atoms with Gasteiger partial charge in [-0.3, -0.25) is 9.59 Å². The summed E-state index contributed by atoms with van der Waals surface area (Å²) in [7, 11) is 0. The first-order chi connectivity index (χ1) is 11.5. The maximum Gasteiger partial charge on any atom is 0.225 e. The Morgan fingerprint density at radius 3 is 2.92 bits per heavy atom. The third kappa shape index (κ3) is 5.25. The Labute approximate surface area is 144 Å². The number of rotatable bonds is 6. The number of amides is 2. The molecule has 5 heteroatoms. The number of carbonyl (C=O) groups excluding carboxylic acids is 2. The van der Waals surface area contributed by atoms with Gasteiger partial charge in [0.05, 0.1) is 12.0 Å². The highest BCUT2D eigenvalue weighted by Gasteiger charge is 2.28. The van der Waals surface area contributed by atoms with Crippen molar-refractivity contribution < 1.29 is 14.3 Å². The normalized spacial score (nSPS) is 18.8. The zero-order valence-corrected chi connectivity index (χ0v) is 14.9. The maximum absolute atomic E-state index is 12.4. The van der Waals surface area contributed by atoms with Crippen molar-refractivity contribution in [1.82, 2.24) is 10.2 Å². The Kier molecular flexibility index (Phi) is 6.64. The molecule has 0 radical (unpaired) electrons. The summed E-state index contributed by atoms with van der Waals surface area (Å²) in [5.74, 6) is 0.844. The minimum Gasteiger partial charge on any atom is -0.491 e. The van der Waals surface area contributed by atoms with Crippen LogP contribution in [0.15, 0.2) is 24.3 Å². The fourth-order valence-electron chi connectivity index (χ4n) is 2.97. The van der Waals surface area contributed by atoms with Crippen LogP contribution in [0.2, 0.25) is 0 Å². The second kappa shape index (κ2) is 8.71. The monoisotopic (exact) mass is 332 g/mol. The number of ether oxygens (including phenoxy) is 1. The third-order valence-corrected chi connectivity index (χ3v) is 4.33. The highest BCUT2D eigenvalue weighted by atomic mass is 16.5. The van der Waals surface area contributed by atoms with Gasteiger partial charge in [-0.2, -0.15) is 0 Å². The molecule has 0 aromatic heterocycles. The lowest BCUT2D eigenvalue weighted by Gasteiger charge is -2.32. The fraction of sp³-hybridized carbons (Fsp3) is 0.579. The SMILES string of the molecule is CCC(=O)N1CCCC(C(=O)NC(C)COc2cccc(C)c2)C1. The summed E-state index contributed by atoms with van der Waals surface area (Å²) in [6.45, 7) is 7.54. The summed E-state index contributed by atoms with van der Waals surface area (Å²) in [6.07, 6.45) is 2.22. The van der Waals surface area contributed by atoms with E-state index >= 15 is 0 Å². The number of benzene rings is 1. The van der Waals surface area contributed by atoms with E-state index in [4.69, 9.17) is 4.74 Å². The lowest BCUT2D eigenvalue weighted by Crippen LogP contribution is -2.48. The summed E-state index contributed by atoms with van der Waals surface area (Å²) in [5.41, 5.74) is 1.15. The van der Waals surface area contributed by atoms with Crippen LogP contribution >= 0.6 is 0 Å². The third-order valence-electron chi connectivity index (χ3n) is 4.33. The standard InChI is InChI=1S/C19H28N2O3/c1-4-18(22)21-10-6-8-16(12-21)19(23)20-15(3)13-24-17-9-5-7-14(2)11-17/h5,7,9,11,15-16H,4,6,8,10,12-13H2,1-3H3,(H,20,23). The molecule has 2 amide bonds. The molecular weight excluding hydrogens is 304 g/mol. The topological polar surface area (TPSA) is 58.6 Å². The Balaban J connectivity index is 1.79. The van der Waals surface area contributed by atoms with Crippen LogP contribution in [-0.2, 0) is 9.59 Å². The van der Waals surface area contributed by atoms with E-state index < -0.39 is 0 Å². The molecule has 1 fully saturated rings. The van der Waals surface area contributed by atoms with Crippen molar-refractivity contribution in [1.29, 1.82) is 0 Å². The second-order valence-electron chi connectivity index (χ2n) is 6.57. The van der Waals surface area contributed by atoms with Crippen LogP contribution in [0, 0.1) is 12.8 Å². The number of likely N-dealkylation sites (tertiary alicyclic amines) is 1. The van der Waals surface area contributed by atoms with E-state index in [9.17, 15) is 9.59 Å². The van der Waals surface area contributed by atoms with Gasteiger partial charge in [-0.1, -0.05) is 19.1 Å². The number of carbonyl (C=O) groups is 2. The quantitative estimate of drug-likeness (QED) is 0.871. The van der Waals surface area contributed by atoms with E-state index in [1.165, 1.54) is 0 Å². The number of hydrogen-bond acceptors (Lipinski definition) is 3. The molecule has 0 saturated carbocycles. The van der Waals surface area contributed by atoms with Crippen molar-refractivity contribution in [2.45, 2.75) is 46.1 Å². The van der Waals surface area contributed by atoms with Crippen LogP contribution in [0.1, 0.15) is 38.7 Å². The van der Waals surface area contributed by atoms with Gasteiger partial charge in [-0.05, 0) is 44.4 Å². The summed E-state index contributed by atoms with van der Waals surface area (Å²) in [6, 6.07) is 7.79. The van der Waals surface area contributed by atoms with Gasteiger partial charge >= 0.3 is 0 Å². The lowest BCUT2D eigenvalue weighted by molar-refractivity contribution is -0.135. The van der Waals surface area contributed by atoms with Crippen LogP contribution < -0.4 is 10.1 Å². The molecule has 0 bridgehead atoms. The molecular formula is C19H28N2O3. The molecule has 1 saturated heterocycles. The molecule has 5 nitrogen and oxygen atoms in total. The number of hydrogen-bond donors (Lipinski definition) is 1. The van der Waals surface area contributed by atoms with Crippen molar-refractivity contribution in [3.8, 4) is 5.75 Å². The minimum atomic E-state index is -0.115. The van der Waals surface area contributed by atoms with Crippen molar-refractivity contribution in [3.63, 3.8) is 0 Å². The summed E-state index contributed by atoms with van der Waals surface area (Å²) >= 11 is 0. The number of nitrogens with zero attached hydrogens (tertiary/aromatic N) is 1. The molecule has 2 rings (SSSR count). The summed E-state index contributed by atoms with van der Waals surface area (Å²) < 4.78 is 5.73. The predicted octanol–water partition coefficient (Wildman–Crippen LogP) is 2.53. The van der Waals surface area contributed by atoms with Crippen LogP contribution in [0.4, 0.5) is 0 Å². The first-order valence-corrected chi connectivity index (χ1v) is 8.77. The highest BCUT2D eigenvalue weighted by molar-refractivity contribution is 5.81. The molecule has 132 valence electrons. The van der Waals surface area contributed by atoms with E-state index in [1.54, 1.807) is 0 Å². The second-order valence-corrected chi connectivity index (χ2v) is 6.57. The van der Waals surface area contributed by atoms with E-state index in [0.29, 0.717) is 19.6 Å². The van der Waals surface area contributed by atoms with Gasteiger partial charge in [0.2, 0.25) is 11.8 Å². The van der Waals surface area contributed by atoms with E-state index in [-0.39, 0.29) is 23.8 Å². The van der Waals surface area contributed by atoms with Crippen molar-refractivity contribution in [2.75, 3.05) is 19.7 Å². The summed E-state index contributed by atoms with van der Waals surface area (Å²) in [4.78, 5) is 26.1. The minimum absolute atomic E-state index is 0.0175. The molecule has 1 N–H and O–H groups in total. The van der Waals surface area contributed by atoms with Gasteiger partial charge in [0, 0.05) is 19.5 Å². The number of aryl methyl sites for hydroxylation is 1. The maximum atomic E-state index is 12.4. The van der Waals surface area contributed by atoms with E-state index in [0.717, 1.165) is 30.7 Å². The highest BCUT2D eigenvalue weighted by Crippen LogP contribution is 2.18. The van der Waals surface area contributed by atoms with Crippen LogP contribution in [0.5, 0.6) is 5.75 Å². The largest absolute Gasteiger partial charge is 0.491 e. The van der Waals surface area contributed by atoms with Crippen molar-refractivity contribution in [2.24, 2.45) is 5.92 Å². The van der Waals surface area contributed by atoms with Gasteiger partial charge < -0.3 is 15.0 Å². The van der Waals surface area contributed by atoms with Crippen molar-refractivity contribution in [3.05, 3.63) is 29.8 Å². The molecule has 2 unspecified atom stereocenters. The van der Waals surface area contributed by atoms with Gasteiger partial charge in [-0.25, -0.2) is 0 Å². The van der Waals surface area contributed by atoms with Crippen molar-refractivity contribution >= 4 is 11.8 Å². The average Bonchev–Trinajstić information content (AvgIpc) is 2.59. The Bertz CT molecular complexity index is 573. The predicted molar refractivity (Wildman–Crippen MR) is 93.9 cm³/mol. The molecule has 0 aliphatic carbocycles. The first kappa shape index (κ1) is 18.3. The molecule has 1 aliphatic rings. The molecule has 1 aliphatic heterocycles. The average molecular weight is 332 g/mol. The summed E-state index contributed by atoms with van der Waals surface area (Å²) in [5, 5.41) is 3.01. The molecule has 24 heavy (non-hydrogen) atoms. The number of piperidine rings is 1. The van der Waals surface area contributed by atoms with Gasteiger partial charge in [0.15, 0.2) is 0 Å². The van der Waals surface area contributed by atoms with Gasteiger partial charge in [0.25, 0.3) is 0 Å². The first-order valence-electron chi connectivity index (χ1n) is 8.77. The zero-order chi connectivity index (χ0) is 17.5. The molecule has 2 atom stereocenters. The van der Waals surface area contributed by atoms with Crippen LogP contribution in [-0.4, -0.2) is 42.5 Å². The van der Waals surface area contributed by atoms with Gasteiger partial charge in [0.1, 0.15) is 12.4 Å². The fourth-order valence-corrected chi connectivity index (χ4v) is 2.97. The Morgan fingerprint density at radius 1 is 1.42 bits per heavy atom. The zero-order valence-electron chi connectivity index (χ0n) is 14.9. The van der Waals surface area contributed by atoms with Gasteiger partial charge in [-0.15, -0.1) is 0 Å². The Hall–Kier alpha value is -2.04. The smallest absolute Gasteiger partial charge is 0.225 e. The number of nitrogens with one attached hydrogen (secondary N) is 1. The Morgan fingerprint density at radius 2 is 2.21 bits per heavy atom. The molecule has 1 aromatic rings. The molecule has 0 spiro atoms. The van der Waals surface area contributed by atoms with E-state index in [2.05, 4.69) is 5.32 Å². The van der Waals surface area contributed by atoms with Crippen LogP contribution in [0.25, 0.3) is 0 Å². The molecule has 1 aromatic carbocycles. The van der Waals surface area contributed by atoms with E-state index in [1.807, 2.05) is 49.9 Å². The van der Waals surface area contributed by atoms with Crippen LogP contribution in [0.3, 0.4) is 0 Å². The molecule has 1 heterocycles. The lowest BCUT2D eigenvalue weighted by atomic mass is 9.96.